The zero-order valence-electron chi connectivity index (χ0n) is 12.3. The van der Waals surface area contributed by atoms with Crippen molar-refractivity contribution in [2.45, 2.75) is 32.1 Å². The monoisotopic (exact) mass is 296 g/mol. The van der Waals surface area contributed by atoms with Gasteiger partial charge in [-0.25, -0.2) is 8.42 Å². The van der Waals surface area contributed by atoms with Gasteiger partial charge in [0, 0.05) is 19.5 Å². The van der Waals surface area contributed by atoms with Crippen molar-refractivity contribution in [3.63, 3.8) is 0 Å². The van der Waals surface area contributed by atoms with Crippen LogP contribution in [0.25, 0.3) is 0 Å². The molecule has 0 aliphatic rings. The Morgan fingerprint density at radius 2 is 1.95 bits per heavy atom. The van der Waals surface area contributed by atoms with Crippen LogP contribution in [-0.4, -0.2) is 32.9 Å². The summed E-state index contributed by atoms with van der Waals surface area (Å²) in [5.74, 6) is 0.668. The Morgan fingerprint density at radius 3 is 2.45 bits per heavy atom. The van der Waals surface area contributed by atoms with Gasteiger partial charge in [-0.2, -0.15) is 9.57 Å². The molecule has 20 heavy (non-hydrogen) atoms. The number of rotatable bonds is 6. The van der Waals surface area contributed by atoms with E-state index >= 15 is 0 Å². The van der Waals surface area contributed by atoms with Gasteiger partial charge in [-0.1, -0.05) is 6.92 Å². The van der Waals surface area contributed by atoms with Crippen LogP contribution in [0.1, 0.15) is 24.5 Å². The Bertz CT molecular complexity index is 618. The van der Waals surface area contributed by atoms with Crippen LogP contribution in [0.2, 0.25) is 0 Å². The first-order valence-corrected chi connectivity index (χ1v) is 7.84. The Balaban J connectivity index is 3.28. The molecular weight excluding hydrogens is 276 g/mol. The maximum atomic E-state index is 12.6. The molecule has 0 amide bonds. The molecule has 0 saturated carbocycles. The van der Waals surface area contributed by atoms with E-state index in [-0.39, 0.29) is 17.9 Å². The summed E-state index contributed by atoms with van der Waals surface area (Å²) in [5.41, 5.74) is 1.41. The van der Waals surface area contributed by atoms with E-state index in [0.29, 0.717) is 17.9 Å². The number of sulfonamides is 1. The largest absolute Gasteiger partial charge is 0.496 e. The molecule has 110 valence electrons. The van der Waals surface area contributed by atoms with Gasteiger partial charge in [0.15, 0.2) is 0 Å². The van der Waals surface area contributed by atoms with Crippen molar-refractivity contribution in [3.05, 3.63) is 23.3 Å². The number of hydrogen-bond acceptors (Lipinski definition) is 4. The van der Waals surface area contributed by atoms with Crippen LogP contribution in [0.5, 0.6) is 5.75 Å². The fraction of sp³-hybridized carbons (Fsp3) is 0.500. The number of methoxy groups -OCH3 is 1. The molecule has 0 heterocycles. The molecule has 1 rings (SSSR count). The molecule has 5 nitrogen and oxygen atoms in total. The molecule has 0 aromatic heterocycles. The van der Waals surface area contributed by atoms with Crippen LogP contribution < -0.4 is 4.74 Å². The van der Waals surface area contributed by atoms with E-state index in [1.165, 1.54) is 4.31 Å². The summed E-state index contributed by atoms with van der Waals surface area (Å²) in [7, 11) is -2.02. The normalized spacial score (nSPS) is 11.4. The maximum Gasteiger partial charge on any atom is 0.243 e. The number of nitriles is 1. The van der Waals surface area contributed by atoms with Gasteiger partial charge in [0.05, 0.1) is 18.1 Å². The predicted octanol–water partition coefficient (Wildman–Crippen LogP) is 2.24. The topological polar surface area (TPSA) is 70.4 Å². The highest BCUT2D eigenvalue weighted by Gasteiger charge is 2.25. The molecule has 0 spiro atoms. The van der Waals surface area contributed by atoms with Crippen LogP contribution in [-0.2, 0) is 10.0 Å². The van der Waals surface area contributed by atoms with Gasteiger partial charge in [0.2, 0.25) is 10.0 Å². The Hall–Kier alpha value is -1.58. The quantitative estimate of drug-likeness (QED) is 0.807. The predicted molar refractivity (Wildman–Crippen MR) is 77.1 cm³/mol. The zero-order valence-corrected chi connectivity index (χ0v) is 13.1. The molecule has 0 radical (unpaired) electrons. The second-order valence-corrected chi connectivity index (χ2v) is 6.40. The van der Waals surface area contributed by atoms with E-state index < -0.39 is 10.0 Å². The van der Waals surface area contributed by atoms with E-state index in [2.05, 4.69) is 0 Å². The summed E-state index contributed by atoms with van der Waals surface area (Å²) >= 11 is 0. The van der Waals surface area contributed by atoms with E-state index in [4.69, 9.17) is 10.00 Å². The summed E-state index contributed by atoms with van der Waals surface area (Å²) in [6, 6.07) is 5.32. The van der Waals surface area contributed by atoms with E-state index in [9.17, 15) is 8.42 Å². The van der Waals surface area contributed by atoms with Gasteiger partial charge < -0.3 is 4.74 Å². The van der Waals surface area contributed by atoms with E-state index in [1.54, 1.807) is 33.1 Å². The Morgan fingerprint density at radius 1 is 1.30 bits per heavy atom. The van der Waals surface area contributed by atoms with Gasteiger partial charge in [-0.05, 0) is 37.1 Å². The van der Waals surface area contributed by atoms with Crippen molar-refractivity contribution in [2.24, 2.45) is 0 Å². The standard InChI is InChI=1S/C14H20N2O3S/c1-5-16(8-6-7-15)20(17,18)14-10-11(2)13(19-4)9-12(14)3/h9-10H,5-6,8H2,1-4H3. The molecule has 0 atom stereocenters. The molecule has 1 aromatic rings. The second kappa shape index (κ2) is 6.73. The maximum absolute atomic E-state index is 12.6. The first-order valence-electron chi connectivity index (χ1n) is 6.40. The lowest BCUT2D eigenvalue weighted by molar-refractivity contribution is 0.410. The molecule has 0 bridgehead atoms. The van der Waals surface area contributed by atoms with Crippen LogP contribution in [0.15, 0.2) is 17.0 Å². The highest BCUT2D eigenvalue weighted by Crippen LogP contribution is 2.27. The number of ether oxygens (including phenoxy) is 1. The highest BCUT2D eigenvalue weighted by atomic mass is 32.2. The third kappa shape index (κ3) is 3.30. The lowest BCUT2D eigenvalue weighted by atomic mass is 10.1. The summed E-state index contributed by atoms with van der Waals surface area (Å²) in [6.07, 6.45) is 0.182. The molecule has 0 saturated heterocycles. The van der Waals surface area contributed by atoms with Gasteiger partial charge in [-0.15, -0.1) is 0 Å². The van der Waals surface area contributed by atoms with Crippen molar-refractivity contribution in [1.82, 2.24) is 4.31 Å². The highest BCUT2D eigenvalue weighted by molar-refractivity contribution is 7.89. The molecule has 0 unspecified atom stereocenters. The summed E-state index contributed by atoms with van der Waals surface area (Å²) < 4.78 is 31.8. The number of nitrogens with zero attached hydrogens (tertiary/aromatic N) is 2. The number of aryl methyl sites for hydroxylation is 2. The van der Waals surface area contributed by atoms with Crippen molar-refractivity contribution in [2.75, 3.05) is 20.2 Å². The zero-order chi connectivity index (χ0) is 15.3. The summed E-state index contributed by atoms with van der Waals surface area (Å²) in [6.45, 7) is 5.87. The average molecular weight is 296 g/mol. The average Bonchev–Trinajstić information content (AvgIpc) is 2.41. The molecule has 0 fully saturated rings. The Kier molecular flexibility index (Phi) is 5.54. The lowest BCUT2D eigenvalue weighted by Gasteiger charge is -2.21. The van der Waals surface area contributed by atoms with Crippen LogP contribution in [0.4, 0.5) is 0 Å². The van der Waals surface area contributed by atoms with Crippen LogP contribution in [0.3, 0.4) is 0 Å². The minimum absolute atomic E-state index is 0.182. The fourth-order valence-corrected chi connectivity index (χ4v) is 3.76. The van der Waals surface area contributed by atoms with Crippen LogP contribution in [0, 0.1) is 25.2 Å². The van der Waals surface area contributed by atoms with Gasteiger partial charge >= 0.3 is 0 Å². The van der Waals surface area contributed by atoms with Crippen LogP contribution >= 0.6 is 0 Å². The SMILES string of the molecule is CCN(CCC#N)S(=O)(=O)c1cc(C)c(OC)cc1C. The summed E-state index contributed by atoms with van der Waals surface area (Å²) in [5, 5.41) is 8.63. The Labute approximate surface area is 120 Å². The van der Waals surface area contributed by atoms with Gasteiger partial charge in [0.1, 0.15) is 5.75 Å². The minimum atomic E-state index is -3.57. The van der Waals surface area contributed by atoms with Crippen molar-refractivity contribution >= 4 is 10.0 Å². The number of hydrogen-bond donors (Lipinski definition) is 0. The van der Waals surface area contributed by atoms with E-state index in [0.717, 1.165) is 5.56 Å². The van der Waals surface area contributed by atoms with E-state index in [1.807, 2.05) is 13.0 Å². The molecule has 0 aliphatic carbocycles. The molecule has 0 aliphatic heterocycles. The van der Waals surface area contributed by atoms with Gasteiger partial charge in [-0.3, -0.25) is 0 Å². The fourth-order valence-electron chi connectivity index (χ4n) is 2.02. The summed E-state index contributed by atoms with van der Waals surface area (Å²) in [4.78, 5) is 0.274. The third-order valence-corrected chi connectivity index (χ3v) is 5.25. The van der Waals surface area contributed by atoms with Crippen molar-refractivity contribution in [3.8, 4) is 11.8 Å². The minimum Gasteiger partial charge on any atom is -0.496 e. The molecule has 0 N–H and O–H groups in total. The van der Waals surface area contributed by atoms with Gasteiger partial charge in [0.25, 0.3) is 0 Å². The molecular formula is C14H20N2O3S. The molecule has 1 aromatic carbocycles. The van der Waals surface area contributed by atoms with Crippen molar-refractivity contribution < 1.29 is 13.2 Å². The smallest absolute Gasteiger partial charge is 0.243 e. The molecule has 6 heteroatoms. The third-order valence-electron chi connectivity index (χ3n) is 3.14. The lowest BCUT2D eigenvalue weighted by Crippen LogP contribution is -2.32. The number of benzene rings is 1. The first-order chi connectivity index (χ1) is 9.38. The van der Waals surface area contributed by atoms with Crippen molar-refractivity contribution in [1.29, 1.82) is 5.26 Å². The first kappa shape index (κ1) is 16.5. The second-order valence-electron chi connectivity index (χ2n) is 4.49.